The lowest BCUT2D eigenvalue weighted by Gasteiger charge is -2.35. The van der Waals surface area contributed by atoms with Crippen LogP contribution in [0.4, 0.5) is 5.69 Å². The molecule has 0 spiro atoms. The number of aromatic nitrogens is 1. The Morgan fingerprint density at radius 3 is 2.81 bits per heavy atom. The minimum atomic E-state index is 0.422. The molecular formula is C21H23Cl2N3. The second-order valence-electron chi connectivity index (χ2n) is 6.85. The fraction of sp³-hybridized carbons (Fsp3) is 0.333. The third-order valence-corrected chi connectivity index (χ3v) is 5.73. The molecule has 1 aliphatic rings. The van der Waals surface area contributed by atoms with Crippen molar-refractivity contribution in [2.24, 2.45) is 0 Å². The second-order valence-corrected chi connectivity index (χ2v) is 7.73. The Balaban J connectivity index is 1.50. The van der Waals surface area contributed by atoms with Crippen LogP contribution in [0.25, 0.3) is 10.9 Å². The van der Waals surface area contributed by atoms with E-state index in [9.17, 15) is 0 Å². The van der Waals surface area contributed by atoms with Crippen LogP contribution >= 0.6 is 23.2 Å². The predicted molar refractivity (Wildman–Crippen MR) is 112 cm³/mol. The molecule has 136 valence electrons. The summed E-state index contributed by atoms with van der Waals surface area (Å²) in [5.41, 5.74) is 5.06. The molecule has 1 atom stereocenters. The van der Waals surface area contributed by atoms with E-state index in [1.807, 2.05) is 24.3 Å². The number of halogens is 2. The normalized spacial score (nSPS) is 17.4. The molecule has 0 aliphatic carbocycles. The summed E-state index contributed by atoms with van der Waals surface area (Å²) in [5, 5.41) is 6.33. The van der Waals surface area contributed by atoms with Crippen molar-refractivity contribution in [3.63, 3.8) is 0 Å². The van der Waals surface area contributed by atoms with Gasteiger partial charge in [-0.3, -0.25) is 4.90 Å². The van der Waals surface area contributed by atoms with Gasteiger partial charge in [-0.2, -0.15) is 0 Å². The third-order valence-electron chi connectivity index (χ3n) is 5.26. The van der Waals surface area contributed by atoms with Gasteiger partial charge < -0.3 is 10.3 Å². The summed E-state index contributed by atoms with van der Waals surface area (Å²) in [6, 6.07) is 14.5. The summed E-state index contributed by atoms with van der Waals surface area (Å²) >= 11 is 12.3. The highest BCUT2D eigenvalue weighted by molar-refractivity contribution is 6.31. The standard InChI is InChI=1S/C21H23Cl2N3/c1-2-20-21-17(18-13-15(23)6-7-19(18)25-21)8-10-26(20)11-9-24-16-5-3-4-14(22)12-16/h3-7,12-13,20,24-25H,2,8-11H2,1H3. The van der Waals surface area contributed by atoms with Crippen molar-refractivity contribution in [3.8, 4) is 0 Å². The van der Waals surface area contributed by atoms with Gasteiger partial charge in [0.25, 0.3) is 0 Å². The van der Waals surface area contributed by atoms with Crippen molar-refractivity contribution in [2.45, 2.75) is 25.8 Å². The van der Waals surface area contributed by atoms with Crippen LogP contribution in [0, 0.1) is 0 Å². The fourth-order valence-electron chi connectivity index (χ4n) is 4.06. The molecule has 3 nitrogen and oxygen atoms in total. The first-order chi connectivity index (χ1) is 12.7. The minimum absolute atomic E-state index is 0.422. The lowest BCUT2D eigenvalue weighted by Crippen LogP contribution is -2.38. The largest absolute Gasteiger partial charge is 0.384 e. The first-order valence-corrected chi connectivity index (χ1v) is 9.95. The summed E-state index contributed by atoms with van der Waals surface area (Å²) in [7, 11) is 0. The first-order valence-electron chi connectivity index (χ1n) is 9.19. The Hall–Kier alpha value is -1.68. The van der Waals surface area contributed by atoms with Gasteiger partial charge in [-0.15, -0.1) is 0 Å². The van der Waals surface area contributed by atoms with Crippen LogP contribution in [0.3, 0.4) is 0 Å². The SMILES string of the molecule is CCC1c2[nH]c3ccc(Cl)cc3c2CCN1CCNc1cccc(Cl)c1. The Labute approximate surface area is 164 Å². The molecule has 2 heterocycles. The molecule has 0 fully saturated rings. The van der Waals surface area contributed by atoms with Crippen LogP contribution in [-0.2, 0) is 6.42 Å². The zero-order valence-corrected chi connectivity index (χ0v) is 16.4. The zero-order chi connectivity index (χ0) is 18.1. The number of nitrogens with zero attached hydrogens (tertiary/aromatic N) is 1. The number of rotatable bonds is 5. The van der Waals surface area contributed by atoms with E-state index in [1.54, 1.807) is 0 Å². The van der Waals surface area contributed by atoms with Gasteiger partial charge in [0.2, 0.25) is 0 Å². The van der Waals surface area contributed by atoms with Gasteiger partial charge in [-0.05, 0) is 54.8 Å². The smallest absolute Gasteiger partial charge is 0.0499 e. The van der Waals surface area contributed by atoms with Crippen LogP contribution in [0.1, 0.15) is 30.6 Å². The summed E-state index contributed by atoms with van der Waals surface area (Å²) in [6.07, 6.45) is 2.15. The van der Waals surface area contributed by atoms with Crippen molar-refractivity contribution in [2.75, 3.05) is 25.0 Å². The number of fused-ring (bicyclic) bond motifs is 3. The molecule has 4 rings (SSSR count). The lowest BCUT2D eigenvalue weighted by atomic mass is 9.96. The molecule has 5 heteroatoms. The fourth-order valence-corrected chi connectivity index (χ4v) is 4.42. The van der Waals surface area contributed by atoms with Gasteiger partial charge in [0.1, 0.15) is 0 Å². The van der Waals surface area contributed by atoms with Crippen LogP contribution < -0.4 is 5.32 Å². The van der Waals surface area contributed by atoms with E-state index >= 15 is 0 Å². The van der Waals surface area contributed by atoms with Crippen molar-refractivity contribution in [3.05, 3.63) is 63.8 Å². The topological polar surface area (TPSA) is 31.1 Å². The molecule has 0 radical (unpaired) electrons. The molecule has 1 aliphatic heterocycles. The number of benzene rings is 2. The van der Waals surface area contributed by atoms with Crippen LogP contribution in [0.15, 0.2) is 42.5 Å². The number of hydrogen-bond donors (Lipinski definition) is 2. The van der Waals surface area contributed by atoms with Crippen molar-refractivity contribution in [1.82, 2.24) is 9.88 Å². The first kappa shape index (κ1) is 17.7. The van der Waals surface area contributed by atoms with Crippen molar-refractivity contribution < 1.29 is 0 Å². The maximum absolute atomic E-state index is 6.21. The monoisotopic (exact) mass is 387 g/mol. The minimum Gasteiger partial charge on any atom is -0.384 e. The summed E-state index contributed by atoms with van der Waals surface area (Å²) < 4.78 is 0. The van der Waals surface area contributed by atoms with E-state index in [0.717, 1.165) is 48.2 Å². The number of hydrogen-bond acceptors (Lipinski definition) is 2. The Kier molecular flexibility index (Phi) is 5.12. The van der Waals surface area contributed by atoms with Crippen LogP contribution in [-0.4, -0.2) is 29.5 Å². The van der Waals surface area contributed by atoms with Gasteiger partial charge in [0.05, 0.1) is 0 Å². The molecule has 0 saturated heterocycles. The number of nitrogens with one attached hydrogen (secondary N) is 2. The average Bonchev–Trinajstić information content (AvgIpc) is 2.99. The Morgan fingerprint density at radius 1 is 1.15 bits per heavy atom. The number of aromatic amines is 1. The summed E-state index contributed by atoms with van der Waals surface area (Å²) in [4.78, 5) is 6.22. The molecule has 2 aromatic carbocycles. The van der Waals surface area contributed by atoms with Crippen LogP contribution in [0.5, 0.6) is 0 Å². The van der Waals surface area contributed by atoms with Gasteiger partial charge in [-0.25, -0.2) is 0 Å². The lowest BCUT2D eigenvalue weighted by molar-refractivity contribution is 0.184. The van der Waals surface area contributed by atoms with E-state index in [0.29, 0.717) is 6.04 Å². The predicted octanol–water partition coefficient (Wildman–Crippen LogP) is 5.90. The van der Waals surface area contributed by atoms with Gasteiger partial charge in [0.15, 0.2) is 0 Å². The molecule has 0 amide bonds. The van der Waals surface area contributed by atoms with Gasteiger partial charge in [0, 0.05) is 58.0 Å². The van der Waals surface area contributed by atoms with Gasteiger partial charge in [-0.1, -0.05) is 36.2 Å². The highest BCUT2D eigenvalue weighted by atomic mass is 35.5. The molecule has 2 N–H and O–H groups in total. The molecule has 3 aromatic rings. The van der Waals surface area contributed by atoms with E-state index in [4.69, 9.17) is 23.2 Å². The quantitative estimate of drug-likeness (QED) is 0.571. The molecule has 0 saturated carbocycles. The van der Waals surface area contributed by atoms with Gasteiger partial charge >= 0.3 is 0 Å². The van der Waals surface area contributed by atoms with E-state index < -0.39 is 0 Å². The summed E-state index contributed by atoms with van der Waals surface area (Å²) in [6.45, 7) is 5.23. The molecule has 1 aromatic heterocycles. The molecule has 0 bridgehead atoms. The van der Waals surface area contributed by atoms with Crippen molar-refractivity contribution in [1.29, 1.82) is 0 Å². The highest BCUT2D eigenvalue weighted by Crippen LogP contribution is 2.36. The number of anilines is 1. The third kappa shape index (κ3) is 3.44. The molecule has 1 unspecified atom stereocenters. The Morgan fingerprint density at radius 2 is 2.00 bits per heavy atom. The Bertz CT molecular complexity index is 919. The average molecular weight is 388 g/mol. The van der Waals surface area contributed by atoms with Crippen molar-refractivity contribution >= 4 is 39.8 Å². The molecular weight excluding hydrogens is 365 g/mol. The summed E-state index contributed by atoms with van der Waals surface area (Å²) in [5.74, 6) is 0. The highest BCUT2D eigenvalue weighted by Gasteiger charge is 2.28. The van der Waals surface area contributed by atoms with E-state index in [2.05, 4.69) is 40.3 Å². The maximum atomic E-state index is 6.21. The zero-order valence-electron chi connectivity index (χ0n) is 14.9. The maximum Gasteiger partial charge on any atom is 0.0499 e. The van der Waals surface area contributed by atoms with E-state index in [-0.39, 0.29) is 0 Å². The van der Waals surface area contributed by atoms with Crippen LogP contribution in [0.2, 0.25) is 10.0 Å². The van der Waals surface area contributed by atoms with E-state index in [1.165, 1.54) is 22.2 Å². The second kappa shape index (κ2) is 7.51. The number of H-pyrrole nitrogens is 1. The molecule has 26 heavy (non-hydrogen) atoms.